The molecule has 0 amide bonds. The smallest absolute Gasteiger partial charge is 0.347 e. The van der Waals surface area contributed by atoms with Gasteiger partial charge in [-0.05, 0) is 0 Å². The number of carboxylic acids is 2. The van der Waals surface area contributed by atoms with Crippen LogP contribution in [0.15, 0.2) is 12.4 Å². The molecule has 0 fully saturated rings. The zero-order valence-electron chi connectivity index (χ0n) is 7.58. The number of aromatic carboxylic acids is 2. The average Bonchev–Trinajstić information content (AvgIpc) is 2.86. The summed E-state index contributed by atoms with van der Waals surface area (Å²) in [5.41, 5.74) is 0. The SMILES string of the molecule is O=C(O)c1cnc(-c2ncc(C(=O)O)s2)s1. The molecular formula is C8H4N2O4S2. The van der Waals surface area contributed by atoms with Crippen LogP contribution in [0.4, 0.5) is 0 Å². The summed E-state index contributed by atoms with van der Waals surface area (Å²) in [5.74, 6) is -2.11. The Bertz CT molecular complexity index is 510. The van der Waals surface area contributed by atoms with Gasteiger partial charge >= 0.3 is 11.9 Å². The van der Waals surface area contributed by atoms with Crippen LogP contribution < -0.4 is 0 Å². The summed E-state index contributed by atoms with van der Waals surface area (Å²) in [7, 11) is 0. The number of nitrogens with zero attached hydrogens (tertiary/aromatic N) is 2. The number of rotatable bonds is 3. The van der Waals surface area contributed by atoms with E-state index in [1.807, 2.05) is 0 Å². The predicted octanol–water partition coefficient (Wildman–Crippen LogP) is 1.66. The Morgan fingerprint density at radius 3 is 1.56 bits per heavy atom. The van der Waals surface area contributed by atoms with Crippen LogP contribution in [-0.2, 0) is 0 Å². The van der Waals surface area contributed by atoms with Crippen molar-refractivity contribution in [2.45, 2.75) is 0 Å². The molecule has 0 spiro atoms. The summed E-state index contributed by atoms with van der Waals surface area (Å²) >= 11 is 1.93. The van der Waals surface area contributed by atoms with Gasteiger partial charge in [0.05, 0.1) is 12.4 Å². The lowest BCUT2D eigenvalue weighted by atomic mass is 10.6. The maximum atomic E-state index is 10.6. The molecule has 0 saturated carbocycles. The normalized spacial score (nSPS) is 10.2. The van der Waals surface area contributed by atoms with Gasteiger partial charge in [0, 0.05) is 0 Å². The molecule has 0 bridgehead atoms. The highest BCUT2D eigenvalue weighted by Gasteiger charge is 2.15. The molecule has 0 aliphatic carbocycles. The monoisotopic (exact) mass is 256 g/mol. The number of hydrogen-bond donors (Lipinski definition) is 2. The average molecular weight is 256 g/mol. The van der Waals surface area contributed by atoms with E-state index in [1.54, 1.807) is 0 Å². The topological polar surface area (TPSA) is 100 Å². The first-order chi connectivity index (χ1) is 7.58. The molecule has 6 nitrogen and oxygen atoms in total. The largest absolute Gasteiger partial charge is 0.477 e. The second-order valence-corrected chi connectivity index (χ2v) is 4.73. The molecule has 0 radical (unpaired) electrons. The Kier molecular flexibility index (Phi) is 2.67. The Hall–Kier alpha value is -1.80. The summed E-state index contributed by atoms with van der Waals surface area (Å²) in [6, 6.07) is 0. The van der Waals surface area contributed by atoms with Crippen LogP contribution in [0.3, 0.4) is 0 Å². The molecule has 0 saturated heterocycles. The van der Waals surface area contributed by atoms with E-state index in [0.717, 1.165) is 22.7 Å². The summed E-state index contributed by atoms with van der Waals surface area (Å²) in [6.07, 6.45) is 2.45. The number of carbonyl (C=O) groups is 2. The van der Waals surface area contributed by atoms with Crippen molar-refractivity contribution >= 4 is 34.6 Å². The van der Waals surface area contributed by atoms with E-state index in [-0.39, 0.29) is 9.75 Å². The zero-order valence-corrected chi connectivity index (χ0v) is 9.21. The fourth-order valence-corrected chi connectivity index (χ4v) is 2.49. The van der Waals surface area contributed by atoms with E-state index in [2.05, 4.69) is 9.97 Å². The zero-order chi connectivity index (χ0) is 11.7. The third-order valence-corrected chi connectivity index (χ3v) is 3.73. The van der Waals surface area contributed by atoms with Gasteiger partial charge in [0.25, 0.3) is 0 Å². The minimum atomic E-state index is -1.06. The summed E-state index contributed by atoms with van der Waals surface area (Å²) in [4.78, 5) is 29.2. The number of carboxylic acid groups (broad SMARTS) is 2. The molecule has 0 unspecified atom stereocenters. The molecule has 2 N–H and O–H groups in total. The number of hydrogen-bond acceptors (Lipinski definition) is 6. The standard InChI is InChI=1S/C8H4N2O4S2/c11-7(12)3-1-9-5(15-3)6-10-2-4(16-6)8(13)14/h1-2H,(H,11,12)(H,13,14). The van der Waals surface area contributed by atoms with Gasteiger partial charge in [0.2, 0.25) is 0 Å². The van der Waals surface area contributed by atoms with Crippen LogP contribution in [0.2, 0.25) is 0 Å². The summed E-state index contributed by atoms with van der Waals surface area (Å²) < 4.78 is 0. The third kappa shape index (κ3) is 1.92. The van der Waals surface area contributed by atoms with Gasteiger partial charge in [-0.3, -0.25) is 0 Å². The molecule has 0 atom stereocenters. The first kappa shape index (κ1) is 10.7. The second-order valence-electron chi connectivity index (χ2n) is 2.67. The fraction of sp³-hybridized carbons (Fsp3) is 0. The lowest BCUT2D eigenvalue weighted by Gasteiger charge is -1.85. The van der Waals surface area contributed by atoms with Crippen molar-refractivity contribution in [3.05, 3.63) is 22.1 Å². The van der Waals surface area contributed by atoms with Gasteiger partial charge in [0.15, 0.2) is 10.0 Å². The molecule has 16 heavy (non-hydrogen) atoms. The Balaban J connectivity index is 2.35. The van der Waals surface area contributed by atoms with Gasteiger partial charge in [-0.1, -0.05) is 0 Å². The lowest BCUT2D eigenvalue weighted by molar-refractivity contribution is 0.0691. The summed E-state index contributed by atoms with van der Waals surface area (Å²) in [6.45, 7) is 0. The molecule has 0 aliphatic rings. The maximum absolute atomic E-state index is 10.6. The van der Waals surface area contributed by atoms with E-state index in [4.69, 9.17) is 10.2 Å². The first-order valence-electron chi connectivity index (χ1n) is 3.96. The summed E-state index contributed by atoms with van der Waals surface area (Å²) in [5, 5.41) is 18.2. The van der Waals surface area contributed by atoms with Crippen molar-refractivity contribution in [1.29, 1.82) is 0 Å². The van der Waals surface area contributed by atoms with Crippen molar-refractivity contribution < 1.29 is 19.8 Å². The molecule has 2 heterocycles. The first-order valence-corrected chi connectivity index (χ1v) is 5.60. The number of aromatic nitrogens is 2. The van der Waals surface area contributed by atoms with Crippen molar-refractivity contribution in [3.8, 4) is 10.0 Å². The number of thiazole rings is 2. The van der Waals surface area contributed by atoms with Crippen molar-refractivity contribution in [2.24, 2.45) is 0 Å². The van der Waals surface area contributed by atoms with Gasteiger partial charge < -0.3 is 10.2 Å². The van der Waals surface area contributed by atoms with Crippen molar-refractivity contribution in [3.63, 3.8) is 0 Å². The molecule has 2 aromatic heterocycles. The van der Waals surface area contributed by atoms with Crippen LogP contribution in [0.25, 0.3) is 10.0 Å². The molecule has 2 aromatic rings. The van der Waals surface area contributed by atoms with Gasteiger partial charge in [-0.2, -0.15) is 0 Å². The Morgan fingerprint density at radius 2 is 1.31 bits per heavy atom. The van der Waals surface area contributed by atoms with Crippen LogP contribution in [-0.4, -0.2) is 32.1 Å². The molecule has 82 valence electrons. The van der Waals surface area contributed by atoms with Crippen LogP contribution >= 0.6 is 22.7 Å². The van der Waals surface area contributed by atoms with Crippen LogP contribution in [0.1, 0.15) is 19.3 Å². The molecule has 0 aromatic carbocycles. The van der Waals surface area contributed by atoms with E-state index >= 15 is 0 Å². The molecular weight excluding hydrogens is 252 g/mol. The van der Waals surface area contributed by atoms with E-state index < -0.39 is 11.9 Å². The predicted molar refractivity (Wildman–Crippen MR) is 57.1 cm³/mol. The lowest BCUT2D eigenvalue weighted by Crippen LogP contribution is -1.89. The molecule has 8 heteroatoms. The van der Waals surface area contributed by atoms with Crippen molar-refractivity contribution in [1.82, 2.24) is 9.97 Å². The van der Waals surface area contributed by atoms with Gasteiger partial charge in [-0.25, -0.2) is 19.6 Å². The molecule has 2 rings (SSSR count). The Labute approximate surface area is 96.8 Å². The van der Waals surface area contributed by atoms with E-state index in [1.165, 1.54) is 12.4 Å². The maximum Gasteiger partial charge on any atom is 0.347 e. The highest BCUT2D eigenvalue weighted by atomic mass is 32.1. The molecule has 0 aliphatic heterocycles. The second kappa shape index (κ2) is 3.99. The van der Waals surface area contributed by atoms with E-state index in [0.29, 0.717) is 10.0 Å². The fourth-order valence-electron chi connectivity index (χ4n) is 0.944. The third-order valence-electron chi connectivity index (χ3n) is 1.62. The highest BCUT2D eigenvalue weighted by molar-refractivity contribution is 7.23. The minimum Gasteiger partial charge on any atom is -0.477 e. The Morgan fingerprint density at radius 1 is 0.938 bits per heavy atom. The van der Waals surface area contributed by atoms with Gasteiger partial charge in [-0.15, -0.1) is 22.7 Å². The van der Waals surface area contributed by atoms with Crippen molar-refractivity contribution in [2.75, 3.05) is 0 Å². The van der Waals surface area contributed by atoms with Crippen LogP contribution in [0.5, 0.6) is 0 Å². The van der Waals surface area contributed by atoms with Crippen LogP contribution in [0, 0.1) is 0 Å². The minimum absolute atomic E-state index is 0.0991. The highest BCUT2D eigenvalue weighted by Crippen LogP contribution is 2.28. The van der Waals surface area contributed by atoms with Gasteiger partial charge in [0.1, 0.15) is 9.75 Å². The van der Waals surface area contributed by atoms with E-state index in [9.17, 15) is 9.59 Å². The quantitative estimate of drug-likeness (QED) is 0.866.